The summed E-state index contributed by atoms with van der Waals surface area (Å²) in [5.74, 6) is -0.165. The highest BCUT2D eigenvalue weighted by molar-refractivity contribution is 5.99. The first-order chi connectivity index (χ1) is 8.78. The molecule has 102 valence electrons. The van der Waals surface area contributed by atoms with Crippen molar-refractivity contribution in [2.75, 3.05) is 6.54 Å². The Morgan fingerprint density at radius 1 is 1.37 bits per heavy atom. The highest BCUT2D eigenvalue weighted by atomic mass is 16.3. The van der Waals surface area contributed by atoms with Crippen molar-refractivity contribution in [1.82, 2.24) is 10.3 Å². The second-order valence-corrected chi connectivity index (χ2v) is 5.63. The van der Waals surface area contributed by atoms with E-state index in [4.69, 9.17) is 0 Å². The number of aryl methyl sites for hydroxylation is 2. The fourth-order valence-corrected chi connectivity index (χ4v) is 2.00. The predicted molar refractivity (Wildman–Crippen MR) is 76.4 cm³/mol. The van der Waals surface area contributed by atoms with Crippen LogP contribution in [0.25, 0.3) is 10.9 Å². The number of hydrogen-bond acceptors (Lipinski definition) is 2. The van der Waals surface area contributed by atoms with E-state index in [2.05, 4.69) is 10.3 Å². The molecule has 1 aromatic carbocycles. The topological polar surface area (TPSA) is 65.1 Å². The standard InChI is InChI=1S/C15H20N2O2/c1-9-10(2)17-13-6-5-11(7-12(9)13)14(18)16-8-15(3,4)19/h5-7,17,19H,8H2,1-4H3,(H,16,18). The quantitative estimate of drug-likeness (QED) is 0.792. The molecular weight excluding hydrogens is 240 g/mol. The Hall–Kier alpha value is -1.81. The van der Waals surface area contributed by atoms with Crippen molar-refractivity contribution in [1.29, 1.82) is 0 Å². The van der Waals surface area contributed by atoms with Gasteiger partial charge in [-0.25, -0.2) is 0 Å². The molecule has 0 aliphatic heterocycles. The Bertz CT molecular complexity index is 621. The van der Waals surface area contributed by atoms with E-state index in [1.807, 2.05) is 26.0 Å². The highest BCUT2D eigenvalue weighted by Gasteiger charge is 2.15. The van der Waals surface area contributed by atoms with Gasteiger partial charge in [0.25, 0.3) is 5.91 Å². The number of fused-ring (bicyclic) bond motifs is 1. The van der Waals surface area contributed by atoms with Crippen molar-refractivity contribution >= 4 is 16.8 Å². The minimum absolute atomic E-state index is 0.165. The fraction of sp³-hybridized carbons (Fsp3) is 0.400. The summed E-state index contributed by atoms with van der Waals surface area (Å²) in [5, 5.41) is 13.4. The lowest BCUT2D eigenvalue weighted by molar-refractivity contribution is 0.0694. The molecule has 0 bridgehead atoms. The number of carbonyl (C=O) groups is 1. The van der Waals surface area contributed by atoms with Crippen LogP contribution >= 0.6 is 0 Å². The Labute approximate surface area is 112 Å². The summed E-state index contributed by atoms with van der Waals surface area (Å²) >= 11 is 0. The SMILES string of the molecule is Cc1[nH]c2ccc(C(=O)NCC(C)(C)O)cc2c1C. The molecule has 0 aliphatic carbocycles. The number of carbonyl (C=O) groups excluding carboxylic acids is 1. The molecule has 4 nitrogen and oxygen atoms in total. The molecule has 2 rings (SSSR count). The van der Waals surface area contributed by atoms with Crippen molar-refractivity contribution in [3.8, 4) is 0 Å². The minimum Gasteiger partial charge on any atom is -0.389 e. The van der Waals surface area contributed by atoms with Crippen LogP contribution < -0.4 is 5.32 Å². The van der Waals surface area contributed by atoms with Gasteiger partial charge in [0.15, 0.2) is 0 Å². The maximum absolute atomic E-state index is 12.0. The van der Waals surface area contributed by atoms with Crippen LogP contribution in [0.15, 0.2) is 18.2 Å². The third-order valence-electron chi connectivity index (χ3n) is 3.25. The van der Waals surface area contributed by atoms with Gasteiger partial charge in [-0.15, -0.1) is 0 Å². The van der Waals surface area contributed by atoms with Gasteiger partial charge in [-0.2, -0.15) is 0 Å². The maximum atomic E-state index is 12.0. The molecule has 19 heavy (non-hydrogen) atoms. The zero-order chi connectivity index (χ0) is 14.2. The summed E-state index contributed by atoms with van der Waals surface area (Å²) in [7, 11) is 0. The third-order valence-corrected chi connectivity index (χ3v) is 3.25. The predicted octanol–water partition coefficient (Wildman–Crippen LogP) is 2.29. The first kappa shape index (κ1) is 13.6. The van der Waals surface area contributed by atoms with Gasteiger partial charge < -0.3 is 15.4 Å². The molecule has 0 unspecified atom stereocenters. The molecule has 0 aliphatic rings. The smallest absolute Gasteiger partial charge is 0.251 e. The second kappa shape index (κ2) is 4.70. The molecular formula is C15H20N2O2. The average molecular weight is 260 g/mol. The van der Waals surface area contributed by atoms with E-state index in [9.17, 15) is 9.90 Å². The van der Waals surface area contributed by atoms with Crippen molar-refractivity contribution in [2.24, 2.45) is 0 Å². The Balaban J connectivity index is 2.25. The van der Waals surface area contributed by atoms with E-state index in [1.54, 1.807) is 19.9 Å². The first-order valence-electron chi connectivity index (χ1n) is 6.37. The van der Waals surface area contributed by atoms with Gasteiger partial charge in [0, 0.05) is 28.7 Å². The summed E-state index contributed by atoms with van der Waals surface area (Å²) < 4.78 is 0. The fourth-order valence-electron chi connectivity index (χ4n) is 2.00. The number of aliphatic hydroxyl groups is 1. The summed E-state index contributed by atoms with van der Waals surface area (Å²) in [6, 6.07) is 5.58. The molecule has 0 saturated carbocycles. The lowest BCUT2D eigenvalue weighted by atomic mass is 10.1. The number of aromatic amines is 1. The van der Waals surface area contributed by atoms with E-state index < -0.39 is 5.60 Å². The number of nitrogens with one attached hydrogen (secondary N) is 2. The van der Waals surface area contributed by atoms with Gasteiger partial charge in [0.05, 0.1) is 5.60 Å². The molecule has 2 aromatic rings. The average Bonchev–Trinajstić information content (AvgIpc) is 2.61. The number of benzene rings is 1. The molecule has 0 fully saturated rings. The molecule has 0 spiro atoms. The molecule has 1 heterocycles. The Kier molecular flexibility index (Phi) is 3.37. The van der Waals surface area contributed by atoms with E-state index in [1.165, 1.54) is 0 Å². The van der Waals surface area contributed by atoms with E-state index in [0.29, 0.717) is 5.56 Å². The summed E-state index contributed by atoms with van der Waals surface area (Å²) in [5.41, 5.74) is 3.02. The van der Waals surface area contributed by atoms with Gasteiger partial charge >= 0.3 is 0 Å². The lowest BCUT2D eigenvalue weighted by Gasteiger charge is -2.17. The van der Waals surface area contributed by atoms with Crippen LogP contribution in [0.1, 0.15) is 35.5 Å². The van der Waals surface area contributed by atoms with E-state index in [-0.39, 0.29) is 12.5 Å². The number of rotatable bonds is 3. The lowest BCUT2D eigenvalue weighted by Crippen LogP contribution is -2.38. The van der Waals surface area contributed by atoms with Crippen molar-refractivity contribution in [2.45, 2.75) is 33.3 Å². The molecule has 1 amide bonds. The van der Waals surface area contributed by atoms with Crippen molar-refractivity contribution in [3.05, 3.63) is 35.0 Å². The van der Waals surface area contributed by atoms with Crippen LogP contribution in [0.3, 0.4) is 0 Å². The number of hydrogen-bond donors (Lipinski definition) is 3. The summed E-state index contributed by atoms with van der Waals surface area (Å²) in [6.45, 7) is 7.61. The largest absolute Gasteiger partial charge is 0.389 e. The monoisotopic (exact) mass is 260 g/mol. The van der Waals surface area contributed by atoms with Crippen molar-refractivity contribution in [3.63, 3.8) is 0 Å². The maximum Gasteiger partial charge on any atom is 0.251 e. The van der Waals surface area contributed by atoms with Gasteiger partial charge in [0.2, 0.25) is 0 Å². The Morgan fingerprint density at radius 3 is 2.68 bits per heavy atom. The Morgan fingerprint density at radius 2 is 2.05 bits per heavy atom. The van der Waals surface area contributed by atoms with Gasteiger partial charge in [0.1, 0.15) is 0 Å². The van der Waals surface area contributed by atoms with Gasteiger partial charge in [-0.1, -0.05) is 0 Å². The summed E-state index contributed by atoms with van der Waals surface area (Å²) in [4.78, 5) is 15.3. The first-order valence-corrected chi connectivity index (χ1v) is 6.37. The molecule has 3 N–H and O–H groups in total. The molecule has 0 atom stereocenters. The van der Waals surface area contributed by atoms with E-state index >= 15 is 0 Å². The number of amides is 1. The van der Waals surface area contributed by atoms with Gasteiger partial charge in [-0.3, -0.25) is 4.79 Å². The van der Waals surface area contributed by atoms with Crippen LogP contribution in [0.2, 0.25) is 0 Å². The molecule has 0 radical (unpaired) electrons. The third kappa shape index (κ3) is 2.96. The van der Waals surface area contributed by atoms with E-state index in [0.717, 1.165) is 22.2 Å². The zero-order valence-corrected chi connectivity index (χ0v) is 11.8. The van der Waals surface area contributed by atoms with Crippen molar-refractivity contribution < 1.29 is 9.90 Å². The van der Waals surface area contributed by atoms with Crippen LogP contribution in [-0.2, 0) is 0 Å². The molecule has 1 aromatic heterocycles. The van der Waals surface area contributed by atoms with Crippen LogP contribution in [0.4, 0.5) is 0 Å². The number of aromatic nitrogens is 1. The minimum atomic E-state index is -0.902. The normalized spacial score (nSPS) is 11.8. The van der Waals surface area contributed by atoms with Crippen LogP contribution in [-0.4, -0.2) is 28.1 Å². The molecule has 0 saturated heterocycles. The van der Waals surface area contributed by atoms with Crippen LogP contribution in [0.5, 0.6) is 0 Å². The highest BCUT2D eigenvalue weighted by Crippen LogP contribution is 2.22. The summed E-state index contributed by atoms with van der Waals surface area (Å²) in [6.07, 6.45) is 0. The second-order valence-electron chi connectivity index (χ2n) is 5.63. The van der Waals surface area contributed by atoms with Crippen LogP contribution in [0, 0.1) is 13.8 Å². The molecule has 4 heteroatoms. The number of H-pyrrole nitrogens is 1. The zero-order valence-electron chi connectivity index (χ0n) is 11.8. The van der Waals surface area contributed by atoms with Gasteiger partial charge in [-0.05, 0) is 51.5 Å².